The average Bonchev–Trinajstić information content (AvgIpc) is 3.81. The Morgan fingerprint density at radius 2 is 1.63 bits per heavy atom. The topological polar surface area (TPSA) is 115 Å². The number of phenolic OH excluding ortho intramolecular Hbond substituents is 1. The van der Waals surface area contributed by atoms with E-state index in [2.05, 4.69) is 86.7 Å². The molecule has 4 aromatic rings. The van der Waals surface area contributed by atoms with Crippen LogP contribution in [0.1, 0.15) is 88.5 Å². The SMILES string of the molecule is O=C1CC[C@H](N2Cc3cc4c(cc3C2=O)OC[C@H]2CN(C[C@@H]3COC5(CCN(c6ccc([C@@H]7c8ccc(O)cc8CC[C@@H]7c7ccccc7)cc6)CC5)C3)CCN42)C(=O)N1. The van der Waals surface area contributed by atoms with Gasteiger partial charge in [-0.05, 0) is 115 Å². The van der Waals surface area contributed by atoms with Gasteiger partial charge in [0.2, 0.25) is 11.8 Å². The highest BCUT2D eigenvalue weighted by atomic mass is 16.5. The van der Waals surface area contributed by atoms with Gasteiger partial charge in [-0.2, -0.15) is 0 Å². The molecular formula is C49H53N5O6. The van der Waals surface area contributed by atoms with Gasteiger partial charge in [0.25, 0.3) is 5.91 Å². The third-order valence-corrected chi connectivity index (χ3v) is 14.8. The van der Waals surface area contributed by atoms with Crippen LogP contribution in [0.3, 0.4) is 0 Å². The number of rotatable bonds is 6. The number of nitrogens with zero attached hydrogens (tertiary/aromatic N) is 4. The first kappa shape index (κ1) is 37.6. The standard InChI is InChI=1S/C49H53N5O6/c55-38-11-13-40-34(22-38)8-12-39(32-4-2-1-3-5-32)46(40)33-6-9-36(10-7-33)52-18-16-49(17-19-52)25-31(29-60-49)26-51-20-21-53-37(28-51)30-59-44-24-41-35(23-43(44)53)27-54(48(41)58)42-14-15-45(56)50-47(42)57/h1-7,9-11,13,22-24,31,37,39,42,46,55H,8,12,14-21,25-30H2,(H,50,56,57)/t31-,37-,39-,42+,46+/m1/s1. The molecule has 60 heavy (non-hydrogen) atoms. The molecule has 3 amide bonds. The molecule has 11 rings (SSSR count). The number of carbonyl (C=O) groups is 3. The van der Waals surface area contributed by atoms with Crippen molar-refractivity contribution in [2.24, 2.45) is 5.92 Å². The number of ether oxygens (including phenoxy) is 2. The van der Waals surface area contributed by atoms with Crippen LogP contribution in [-0.4, -0.2) is 103 Å². The van der Waals surface area contributed by atoms with Crippen LogP contribution in [0.2, 0.25) is 0 Å². The Bertz CT molecular complexity index is 2330. The number of piperidine rings is 2. The number of hydrogen-bond donors (Lipinski definition) is 2. The third-order valence-electron chi connectivity index (χ3n) is 14.8. The number of benzene rings is 4. The fourth-order valence-corrected chi connectivity index (χ4v) is 11.8. The summed E-state index contributed by atoms with van der Waals surface area (Å²) in [4.78, 5) is 46.9. The molecule has 4 fully saturated rings. The molecule has 1 aliphatic carbocycles. The Hall–Kier alpha value is -5.39. The lowest BCUT2D eigenvalue weighted by atomic mass is 9.69. The summed E-state index contributed by atoms with van der Waals surface area (Å²) in [6, 6.07) is 29.7. The summed E-state index contributed by atoms with van der Waals surface area (Å²) < 4.78 is 13.0. The van der Waals surface area contributed by atoms with Crippen LogP contribution >= 0.6 is 0 Å². The number of aromatic hydroxyl groups is 1. The van der Waals surface area contributed by atoms with Gasteiger partial charge < -0.3 is 29.3 Å². The number of amides is 3. The summed E-state index contributed by atoms with van der Waals surface area (Å²) >= 11 is 0. The van der Waals surface area contributed by atoms with Gasteiger partial charge in [0.1, 0.15) is 24.1 Å². The number of anilines is 2. The van der Waals surface area contributed by atoms with Gasteiger partial charge in [0, 0.05) is 69.4 Å². The average molecular weight is 808 g/mol. The van der Waals surface area contributed by atoms with Crippen molar-refractivity contribution in [3.05, 3.63) is 118 Å². The predicted molar refractivity (Wildman–Crippen MR) is 228 cm³/mol. The van der Waals surface area contributed by atoms with Crippen molar-refractivity contribution in [2.75, 3.05) is 62.3 Å². The van der Waals surface area contributed by atoms with E-state index in [1.54, 1.807) is 4.90 Å². The number of imide groups is 1. The Balaban J connectivity index is 0.699. The van der Waals surface area contributed by atoms with Crippen molar-refractivity contribution in [3.63, 3.8) is 0 Å². The summed E-state index contributed by atoms with van der Waals surface area (Å²) in [5.74, 6) is 1.38. The minimum atomic E-state index is -0.626. The molecule has 11 nitrogen and oxygen atoms in total. The zero-order valence-electron chi connectivity index (χ0n) is 34.1. The van der Waals surface area contributed by atoms with Gasteiger partial charge in [-0.15, -0.1) is 0 Å². The van der Waals surface area contributed by atoms with Crippen molar-refractivity contribution in [2.45, 2.75) is 81.0 Å². The van der Waals surface area contributed by atoms with E-state index in [9.17, 15) is 19.5 Å². The molecule has 0 aromatic heterocycles. The molecule has 7 aliphatic rings. The zero-order valence-corrected chi connectivity index (χ0v) is 34.1. The maximum atomic E-state index is 13.4. The summed E-state index contributed by atoms with van der Waals surface area (Å²) in [5.41, 5.74) is 9.07. The van der Waals surface area contributed by atoms with Gasteiger partial charge in [0.15, 0.2) is 0 Å². The number of fused-ring (bicyclic) bond motifs is 5. The van der Waals surface area contributed by atoms with Gasteiger partial charge >= 0.3 is 0 Å². The molecule has 310 valence electrons. The quantitative estimate of drug-likeness (QED) is 0.228. The number of aryl methyl sites for hydroxylation is 1. The van der Waals surface area contributed by atoms with Gasteiger partial charge in [-0.1, -0.05) is 48.5 Å². The highest BCUT2D eigenvalue weighted by molar-refractivity contribution is 6.06. The molecule has 2 N–H and O–H groups in total. The van der Waals surface area contributed by atoms with E-state index < -0.39 is 11.9 Å². The monoisotopic (exact) mass is 807 g/mol. The molecule has 0 radical (unpaired) electrons. The molecule has 0 saturated carbocycles. The molecule has 6 heterocycles. The molecule has 4 aromatic carbocycles. The summed E-state index contributed by atoms with van der Waals surface area (Å²) in [5, 5.41) is 12.7. The number of nitrogens with one attached hydrogen (secondary N) is 1. The Morgan fingerprint density at radius 1 is 0.800 bits per heavy atom. The fourth-order valence-electron chi connectivity index (χ4n) is 11.8. The van der Waals surface area contributed by atoms with E-state index in [-0.39, 0.29) is 35.8 Å². The molecule has 1 spiro atoms. The lowest BCUT2D eigenvalue weighted by molar-refractivity contribution is -0.136. The molecule has 11 heteroatoms. The van der Waals surface area contributed by atoms with Crippen molar-refractivity contribution in [1.29, 1.82) is 0 Å². The highest BCUT2D eigenvalue weighted by Gasteiger charge is 2.45. The first-order valence-electron chi connectivity index (χ1n) is 22.1. The second-order valence-corrected chi connectivity index (χ2v) is 18.4. The molecule has 0 unspecified atom stereocenters. The van der Waals surface area contributed by atoms with Gasteiger partial charge in [0.05, 0.1) is 23.9 Å². The first-order chi connectivity index (χ1) is 29.3. The van der Waals surface area contributed by atoms with Crippen LogP contribution in [-0.2, 0) is 27.3 Å². The van der Waals surface area contributed by atoms with Gasteiger partial charge in [-0.3, -0.25) is 24.6 Å². The van der Waals surface area contributed by atoms with Crippen molar-refractivity contribution in [1.82, 2.24) is 15.1 Å². The summed E-state index contributed by atoms with van der Waals surface area (Å²) in [6.07, 6.45) is 5.81. The minimum Gasteiger partial charge on any atom is -0.508 e. The maximum absolute atomic E-state index is 13.4. The lowest BCUT2D eigenvalue weighted by Gasteiger charge is -2.46. The van der Waals surface area contributed by atoms with Crippen LogP contribution in [0.5, 0.6) is 11.5 Å². The number of piperazine rings is 1. The van der Waals surface area contributed by atoms with Gasteiger partial charge in [-0.25, -0.2) is 0 Å². The second kappa shape index (κ2) is 15.0. The maximum Gasteiger partial charge on any atom is 0.255 e. The summed E-state index contributed by atoms with van der Waals surface area (Å²) in [6.45, 7) is 7.52. The number of hydrogen-bond acceptors (Lipinski definition) is 9. The molecule has 0 bridgehead atoms. The van der Waals surface area contributed by atoms with Crippen LogP contribution in [0.4, 0.5) is 11.4 Å². The lowest BCUT2D eigenvalue weighted by Crippen LogP contribution is -2.58. The van der Waals surface area contributed by atoms with E-state index in [4.69, 9.17) is 9.47 Å². The number of carbonyl (C=O) groups excluding carboxylic acids is 3. The Labute approximate surface area is 351 Å². The largest absolute Gasteiger partial charge is 0.508 e. The van der Waals surface area contributed by atoms with Crippen LogP contribution in [0.25, 0.3) is 0 Å². The minimum absolute atomic E-state index is 0.0460. The second-order valence-electron chi connectivity index (χ2n) is 18.4. The molecule has 5 atom stereocenters. The first-order valence-corrected chi connectivity index (χ1v) is 22.1. The van der Waals surface area contributed by atoms with E-state index in [1.807, 2.05) is 18.2 Å². The van der Waals surface area contributed by atoms with E-state index in [0.717, 1.165) is 95.0 Å². The highest BCUT2D eigenvalue weighted by Crippen LogP contribution is 2.48. The van der Waals surface area contributed by atoms with Crippen molar-refractivity contribution in [3.8, 4) is 11.5 Å². The number of phenols is 1. The van der Waals surface area contributed by atoms with Crippen molar-refractivity contribution < 1.29 is 29.0 Å². The van der Waals surface area contributed by atoms with Crippen LogP contribution in [0.15, 0.2) is 84.9 Å². The molecular weight excluding hydrogens is 755 g/mol. The molecule has 4 saturated heterocycles. The van der Waals surface area contributed by atoms with E-state index >= 15 is 0 Å². The van der Waals surface area contributed by atoms with E-state index in [0.29, 0.717) is 42.7 Å². The normalized spacial score (nSPS) is 27.2. The Kier molecular flexibility index (Phi) is 9.37. The van der Waals surface area contributed by atoms with Crippen LogP contribution in [0, 0.1) is 5.92 Å². The Morgan fingerprint density at radius 3 is 2.45 bits per heavy atom. The fraction of sp³-hybridized carbons (Fsp3) is 0.449. The molecule has 6 aliphatic heterocycles. The zero-order chi connectivity index (χ0) is 40.5. The van der Waals surface area contributed by atoms with Crippen molar-refractivity contribution >= 4 is 29.1 Å². The van der Waals surface area contributed by atoms with E-state index in [1.165, 1.54) is 27.9 Å². The third kappa shape index (κ3) is 6.70. The smallest absolute Gasteiger partial charge is 0.255 e. The summed E-state index contributed by atoms with van der Waals surface area (Å²) in [7, 11) is 0. The predicted octanol–water partition coefficient (Wildman–Crippen LogP) is 5.97. The van der Waals surface area contributed by atoms with Crippen LogP contribution < -0.4 is 19.9 Å².